The van der Waals surface area contributed by atoms with Crippen LogP contribution in [0.1, 0.15) is 17.2 Å². The third-order valence-electron chi connectivity index (χ3n) is 3.87. The van der Waals surface area contributed by atoms with Gasteiger partial charge in [-0.25, -0.2) is 4.99 Å². The summed E-state index contributed by atoms with van der Waals surface area (Å²) < 4.78 is 12.7. The minimum atomic E-state index is 0.271. The number of aromatic nitrogens is 3. The van der Waals surface area contributed by atoms with Gasteiger partial charge in [-0.2, -0.15) is 0 Å². The number of aryl methyl sites for hydroxylation is 1. The van der Waals surface area contributed by atoms with Gasteiger partial charge in [0, 0.05) is 13.6 Å². The van der Waals surface area contributed by atoms with Crippen LogP contribution in [-0.4, -0.2) is 34.1 Å². The number of fused-ring (bicyclic) bond motifs is 1. The van der Waals surface area contributed by atoms with E-state index in [-0.39, 0.29) is 6.79 Å². The highest BCUT2D eigenvalue weighted by molar-refractivity contribution is 5.79. The zero-order chi connectivity index (χ0) is 17.6. The van der Waals surface area contributed by atoms with Crippen molar-refractivity contribution in [1.82, 2.24) is 25.4 Å². The van der Waals surface area contributed by atoms with E-state index >= 15 is 0 Å². The van der Waals surface area contributed by atoms with Gasteiger partial charge in [0.1, 0.15) is 5.82 Å². The molecule has 8 nitrogen and oxygen atoms in total. The number of hydrogen-bond acceptors (Lipinski definition) is 5. The van der Waals surface area contributed by atoms with Gasteiger partial charge in [-0.15, -0.1) is 16.8 Å². The number of hydrogen-bond donors (Lipinski definition) is 2. The Labute approximate surface area is 146 Å². The Morgan fingerprint density at radius 2 is 2.16 bits per heavy atom. The lowest BCUT2D eigenvalue weighted by atomic mass is 10.2. The summed E-state index contributed by atoms with van der Waals surface area (Å²) in [5.74, 6) is 3.92. The fraction of sp³-hybridized carbons (Fsp3) is 0.353. The van der Waals surface area contributed by atoms with Crippen molar-refractivity contribution in [2.45, 2.75) is 20.0 Å². The van der Waals surface area contributed by atoms with Crippen LogP contribution in [0.3, 0.4) is 0 Å². The van der Waals surface area contributed by atoms with E-state index in [1.165, 1.54) is 0 Å². The molecule has 0 bridgehead atoms. The van der Waals surface area contributed by atoms with Gasteiger partial charge >= 0.3 is 0 Å². The smallest absolute Gasteiger partial charge is 0.231 e. The van der Waals surface area contributed by atoms with E-state index in [4.69, 9.17) is 9.47 Å². The summed E-state index contributed by atoms with van der Waals surface area (Å²) in [5.41, 5.74) is 1.04. The zero-order valence-electron chi connectivity index (χ0n) is 14.5. The molecule has 1 aromatic carbocycles. The van der Waals surface area contributed by atoms with Gasteiger partial charge in [0.05, 0.1) is 13.1 Å². The summed E-state index contributed by atoms with van der Waals surface area (Å²) in [6.45, 7) is 7.57. The van der Waals surface area contributed by atoms with E-state index in [0.29, 0.717) is 25.6 Å². The van der Waals surface area contributed by atoms with Crippen molar-refractivity contribution >= 4 is 5.96 Å². The number of aliphatic imine (C=N–C) groups is 1. The summed E-state index contributed by atoms with van der Waals surface area (Å²) in [6.07, 6.45) is 1.78. The van der Waals surface area contributed by atoms with Crippen LogP contribution in [0.5, 0.6) is 11.5 Å². The fourth-order valence-electron chi connectivity index (χ4n) is 2.32. The Kier molecular flexibility index (Phi) is 5.17. The third-order valence-corrected chi connectivity index (χ3v) is 3.87. The highest BCUT2D eigenvalue weighted by Gasteiger charge is 2.13. The molecule has 25 heavy (non-hydrogen) atoms. The molecule has 1 aliphatic heterocycles. The van der Waals surface area contributed by atoms with Crippen molar-refractivity contribution in [2.75, 3.05) is 13.3 Å². The van der Waals surface area contributed by atoms with Crippen LogP contribution in [0.4, 0.5) is 0 Å². The molecule has 132 valence electrons. The maximum Gasteiger partial charge on any atom is 0.231 e. The molecule has 2 N–H and O–H groups in total. The van der Waals surface area contributed by atoms with E-state index in [1.807, 2.05) is 36.7 Å². The minimum absolute atomic E-state index is 0.271. The van der Waals surface area contributed by atoms with Gasteiger partial charge in [-0.3, -0.25) is 0 Å². The summed E-state index contributed by atoms with van der Waals surface area (Å²) in [6, 6.07) is 5.83. The highest BCUT2D eigenvalue weighted by Crippen LogP contribution is 2.32. The molecule has 3 rings (SSSR count). The monoisotopic (exact) mass is 342 g/mol. The minimum Gasteiger partial charge on any atom is -0.454 e. The predicted molar refractivity (Wildman–Crippen MR) is 94.5 cm³/mol. The molecule has 0 saturated carbocycles. The maximum absolute atomic E-state index is 5.40. The topological polar surface area (TPSA) is 85.6 Å². The van der Waals surface area contributed by atoms with Crippen LogP contribution in [0, 0.1) is 6.92 Å². The first-order valence-corrected chi connectivity index (χ1v) is 8.04. The molecule has 8 heteroatoms. The number of rotatable bonds is 6. The molecule has 0 spiro atoms. The molecule has 0 fully saturated rings. The molecule has 2 aromatic rings. The van der Waals surface area contributed by atoms with Gasteiger partial charge < -0.3 is 24.7 Å². The lowest BCUT2D eigenvalue weighted by molar-refractivity contribution is 0.174. The zero-order valence-corrected chi connectivity index (χ0v) is 14.5. The number of benzene rings is 1. The van der Waals surface area contributed by atoms with Crippen LogP contribution >= 0.6 is 0 Å². The van der Waals surface area contributed by atoms with Crippen LogP contribution in [0.15, 0.2) is 35.8 Å². The average Bonchev–Trinajstić information content (AvgIpc) is 3.21. The lowest BCUT2D eigenvalue weighted by Gasteiger charge is -2.11. The molecule has 0 atom stereocenters. The van der Waals surface area contributed by atoms with E-state index in [2.05, 4.69) is 32.4 Å². The Bertz CT molecular complexity index is 783. The molecule has 0 amide bonds. The molecular formula is C17H22N6O2. The summed E-state index contributed by atoms with van der Waals surface area (Å²) in [7, 11) is 1.94. The van der Waals surface area contributed by atoms with Crippen molar-refractivity contribution in [1.29, 1.82) is 0 Å². The summed E-state index contributed by atoms with van der Waals surface area (Å²) in [5, 5.41) is 14.7. The van der Waals surface area contributed by atoms with Crippen LogP contribution < -0.4 is 20.1 Å². The molecule has 2 heterocycles. The van der Waals surface area contributed by atoms with Crippen molar-refractivity contribution in [3.63, 3.8) is 0 Å². The van der Waals surface area contributed by atoms with E-state index in [9.17, 15) is 0 Å². The first-order chi connectivity index (χ1) is 12.2. The Morgan fingerprint density at radius 1 is 1.32 bits per heavy atom. The molecule has 0 radical (unpaired) electrons. The van der Waals surface area contributed by atoms with Crippen molar-refractivity contribution in [3.05, 3.63) is 48.1 Å². The van der Waals surface area contributed by atoms with Gasteiger partial charge in [-0.05, 0) is 24.6 Å². The lowest BCUT2D eigenvalue weighted by Crippen LogP contribution is -2.37. The summed E-state index contributed by atoms with van der Waals surface area (Å²) in [4.78, 5) is 4.60. The van der Waals surface area contributed by atoms with Crippen molar-refractivity contribution < 1.29 is 9.47 Å². The van der Waals surface area contributed by atoms with Gasteiger partial charge in [0.15, 0.2) is 23.3 Å². The number of ether oxygens (including phenoxy) is 2. The summed E-state index contributed by atoms with van der Waals surface area (Å²) >= 11 is 0. The Morgan fingerprint density at radius 3 is 2.92 bits per heavy atom. The van der Waals surface area contributed by atoms with Crippen molar-refractivity contribution in [3.8, 4) is 11.5 Å². The Balaban J connectivity index is 1.65. The van der Waals surface area contributed by atoms with Crippen LogP contribution in [0.25, 0.3) is 0 Å². The van der Waals surface area contributed by atoms with Gasteiger partial charge in [0.2, 0.25) is 6.79 Å². The van der Waals surface area contributed by atoms with Gasteiger partial charge in [0.25, 0.3) is 0 Å². The largest absolute Gasteiger partial charge is 0.454 e. The van der Waals surface area contributed by atoms with Gasteiger partial charge in [-0.1, -0.05) is 12.1 Å². The normalized spacial score (nSPS) is 13.0. The molecule has 0 saturated heterocycles. The standard InChI is InChI=1S/C17H22N6O2/c1-4-7-18-17(20-10-16-22-21-12(2)23(16)3)19-9-13-5-6-14-15(8-13)25-11-24-14/h4-6,8H,1,7,9-11H2,2-3H3,(H2,18,19,20). The third kappa shape index (κ3) is 4.09. The molecule has 1 aromatic heterocycles. The quantitative estimate of drug-likeness (QED) is 0.467. The van der Waals surface area contributed by atoms with E-state index in [0.717, 1.165) is 28.7 Å². The first-order valence-electron chi connectivity index (χ1n) is 8.04. The maximum atomic E-state index is 5.40. The SMILES string of the molecule is C=CCNC(=NCc1ccc2c(c1)OCO2)NCc1nnc(C)n1C. The highest BCUT2D eigenvalue weighted by atomic mass is 16.7. The van der Waals surface area contributed by atoms with Crippen LogP contribution in [-0.2, 0) is 20.1 Å². The fourth-order valence-corrected chi connectivity index (χ4v) is 2.32. The van der Waals surface area contributed by atoms with Crippen LogP contribution in [0.2, 0.25) is 0 Å². The number of guanidine groups is 1. The Hall–Kier alpha value is -3.03. The van der Waals surface area contributed by atoms with E-state index < -0.39 is 0 Å². The second kappa shape index (κ2) is 7.69. The van der Waals surface area contributed by atoms with Crippen molar-refractivity contribution in [2.24, 2.45) is 12.0 Å². The molecule has 0 aliphatic carbocycles. The molecular weight excluding hydrogens is 320 g/mol. The number of nitrogens with zero attached hydrogens (tertiary/aromatic N) is 4. The molecule has 1 aliphatic rings. The predicted octanol–water partition coefficient (Wildman–Crippen LogP) is 1.27. The van der Waals surface area contributed by atoms with E-state index in [1.54, 1.807) is 6.08 Å². The molecule has 0 unspecified atom stereocenters. The number of nitrogens with one attached hydrogen (secondary N) is 2. The second-order valence-corrected chi connectivity index (χ2v) is 5.60. The average molecular weight is 342 g/mol. The second-order valence-electron chi connectivity index (χ2n) is 5.60. The first kappa shape index (κ1) is 16.8.